The van der Waals surface area contributed by atoms with E-state index in [1.807, 2.05) is 0 Å². The third kappa shape index (κ3) is 2.18. The van der Waals surface area contributed by atoms with Crippen molar-refractivity contribution < 1.29 is 8.42 Å². The molecule has 18 heavy (non-hydrogen) atoms. The minimum Gasteiger partial charge on any atom is -0.384 e. The number of hydrogen-bond acceptors (Lipinski definition) is 5. The first kappa shape index (κ1) is 12.1. The predicted octanol–water partition coefficient (Wildman–Crippen LogP) is -0.474. The van der Waals surface area contributed by atoms with Crippen molar-refractivity contribution in [1.29, 1.82) is 5.41 Å². The number of anilines is 1. The molecular weight excluding hydrogens is 258 g/mol. The molecule has 0 amide bonds. The summed E-state index contributed by atoms with van der Waals surface area (Å²) in [5.41, 5.74) is 5.46. The Balaban J connectivity index is 2.34. The lowest BCUT2D eigenvalue weighted by atomic mass is 10.3. The molecule has 0 unspecified atom stereocenters. The van der Waals surface area contributed by atoms with Crippen LogP contribution in [0.15, 0.2) is 17.4 Å². The molecule has 0 aromatic carbocycles. The maximum atomic E-state index is 11.9. The summed E-state index contributed by atoms with van der Waals surface area (Å²) < 4.78 is 26.1. The summed E-state index contributed by atoms with van der Waals surface area (Å²) in [4.78, 5) is 6.40. The average Bonchev–Trinajstić information content (AvgIpc) is 2.86. The van der Waals surface area contributed by atoms with Crippen LogP contribution in [0.5, 0.6) is 0 Å². The summed E-state index contributed by atoms with van der Waals surface area (Å²) in [5.74, 6) is 0.226. The van der Waals surface area contributed by atoms with Crippen LogP contribution < -0.4 is 10.5 Å². The van der Waals surface area contributed by atoms with Gasteiger partial charge in [-0.05, 0) is 6.92 Å². The Hall–Kier alpha value is -2.36. The fourth-order valence-corrected chi connectivity index (χ4v) is 2.30. The van der Waals surface area contributed by atoms with Crippen LogP contribution in [0, 0.1) is 12.3 Å². The van der Waals surface area contributed by atoms with E-state index in [-0.39, 0.29) is 22.2 Å². The Kier molecular flexibility index (Phi) is 2.79. The number of nitrogens with one attached hydrogen (secondary N) is 4. The number of aromatic amines is 2. The van der Waals surface area contributed by atoms with E-state index >= 15 is 0 Å². The number of amidine groups is 1. The van der Waals surface area contributed by atoms with Crippen LogP contribution in [0.2, 0.25) is 0 Å². The zero-order chi connectivity index (χ0) is 13.3. The molecule has 10 heteroatoms. The Morgan fingerprint density at radius 1 is 1.50 bits per heavy atom. The summed E-state index contributed by atoms with van der Waals surface area (Å²) in [6, 6.07) is 0. The summed E-state index contributed by atoms with van der Waals surface area (Å²) in [5, 5.41) is 13.2. The molecule has 6 N–H and O–H groups in total. The molecule has 0 bridgehead atoms. The van der Waals surface area contributed by atoms with Crippen LogP contribution in [0.3, 0.4) is 0 Å². The van der Waals surface area contributed by atoms with E-state index < -0.39 is 10.0 Å². The number of rotatable bonds is 4. The zero-order valence-electron chi connectivity index (χ0n) is 9.35. The van der Waals surface area contributed by atoms with Crippen LogP contribution in [-0.4, -0.2) is 34.4 Å². The fraction of sp³-hybridized carbons (Fsp3) is 0.125. The van der Waals surface area contributed by atoms with Gasteiger partial charge in [0.05, 0.1) is 18.0 Å². The standard InChI is InChI=1S/C8H11N7O2S/c1-4-11-3-6(13-4)18(16,17)15-8-5(7(9)10)2-12-14-8/h2-3H,1H3,(H3,9,10)(H,11,13)(H2,12,14,15). The van der Waals surface area contributed by atoms with Gasteiger partial charge in [0.2, 0.25) is 0 Å². The molecule has 0 aliphatic heterocycles. The lowest BCUT2D eigenvalue weighted by molar-refractivity contribution is 0.598. The molecule has 2 aromatic heterocycles. The average molecular weight is 269 g/mol. The summed E-state index contributed by atoms with van der Waals surface area (Å²) in [7, 11) is -3.81. The van der Waals surface area contributed by atoms with E-state index in [1.54, 1.807) is 6.92 Å². The zero-order valence-corrected chi connectivity index (χ0v) is 10.2. The molecule has 2 aromatic rings. The molecule has 9 nitrogen and oxygen atoms in total. The maximum Gasteiger partial charge on any atom is 0.280 e. The van der Waals surface area contributed by atoms with E-state index in [1.165, 1.54) is 12.4 Å². The first-order valence-corrected chi connectivity index (χ1v) is 6.30. The number of H-pyrrole nitrogens is 2. The predicted molar refractivity (Wildman–Crippen MR) is 63.7 cm³/mol. The van der Waals surface area contributed by atoms with Gasteiger partial charge in [-0.3, -0.25) is 15.2 Å². The Morgan fingerprint density at radius 2 is 2.22 bits per heavy atom. The number of sulfonamides is 1. The van der Waals surface area contributed by atoms with Crippen LogP contribution in [0.25, 0.3) is 0 Å². The van der Waals surface area contributed by atoms with Crippen molar-refractivity contribution in [2.75, 3.05) is 4.72 Å². The monoisotopic (exact) mass is 269 g/mol. The van der Waals surface area contributed by atoms with E-state index in [0.717, 1.165) is 0 Å². The molecular formula is C8H11N7O2S. The van der Waals surface area contributed by atoms with Gasteiger partial charge in [0.25, 0.3) is 10.0 Å². The van der Waals surface area contributed by atoms with Crippen LogP contribution in [0.1, 0.15) is 11.4 Å². The highest BCUT2D eigenvalue weighted by Crippen LogP contribution is 2.15. The van der Waals surface area contributed by atoms with E-state index in [4.69, 9.17) is 11.1 Å². The first-order chi connectivity index (χ1) is 8.40. The molecule has 0 saturated carbocycles. The quantitative estimate of drug-likeness (QED) is 0.375. The van der Waals surface area contributed by atoms with Gasteiger partial charge >= 0.3 is 0 Å². The third-order valence-electron chi connectivity index (χ3n) is 2.14. The lowest BCUT2D eigenvalue weighted by Gasteiger charge is -2.05. The van der Waals surface area contributed by atoms with Crippen molar-refractivity contribution >= 4 is 21.7 Å². The normalized spacial score (nSPS) is 11.4. The number of imidazole rings is 1. The molecule has 0 aliphatic rings. The molecule has 0 spiro atoms. The molecule has 0 radical (unpaired) electrons. The molecule has 2 heterocycles. The van der Waals surface area contributed by atoms with Gasteiger partial charge < -0.3 is 10.7 Å². The Labute approximate surface area is 102 Å². The molecule has 0 atom stereocenters. The molecule has 0 aliphatic carbocycles. The van der Waals surface area contributed by atoms with Crippen LogP contribution >= 0.6 is 0 Å². The van der Waals surface area contributed by atoms with Crippen molar-refractivity contribution in [1.82, 2.24) is 20.2 Å². The number of aryl methyl sites for hydroxylation is 1. The third-order valence-corrected chi connectivity index (χ3v) is 3.39. The Bertz CT molecular complexity index is 684. The van der Waals surface area contributed by atoms with Crippen molar-refractivity contribution in [2.24, 2.45) is 5.73 Å². The van der Waals surface area contributed by atoms with Gasteiger partial charge in [-0.15, -0.1) is 0 Å². The van der Waals surface area contributed by atoms with Crippen LogP contribution in [-0.2, 0) is 10.0 Å². The van der Waals surface area contributed by atoms with E-state index in [2.05, 4.69) is 24.9 Å². The Morgan fingerprint density at radius 3 is 2.78 bits per heavy atom. The summed E-state index contributed by atoms with van der Waals surface area (Å²) in [6.07, 6.45) is 2.46. The highest BCUT2D eigenvalue weighted by atomic mass is 32.2. The van der Waals surface area contributed by atoms with Crippen LogP contribution in [0.4, 0.5) is 5.82 Å². The fourth-order valence-electron chi connectivity index (χ4n) is 1.29. The van der Waals surface area contributed by atoms with Gasteiger partial charge in [-0.1, -0.05) is 0 Å². The number of nitrogen functional groups attached to an aromatic ring is 1. The second kappa shape index (κ2) is 4.14. The second-order valence-electron chi connectivity index (χ2n) is 3.51. The first-order valence-electron chi connectivity index (χ1n) is 4.82. The summed E-state index contributed by atoms with van der Waals surface area (Å²) >= 11 is 0. The van der Waals surface area contributed by atoms with Gasteiger partial charge in [0, 0.05) is 0 Å². The molecule has 0 saturated heterocycles. The largest absolute Gasteiger partial charge is 0.384 e. The smallest absolute Gasteiger partial charge is 0.280 e. The minimum absolute atomic E-state index is 0.0368. The van der Waals surface area contributed by atoms with Gasteiger partial charge in [-0.2, -0.15) is 13.5 Å². The number of nitrogens with zero attached hydrogens (tertiary/aromatic N) is 2. The highest BCUT2D eigenvalue weighted by Gasteiger charge is 2.20. The van der Waals surface area contributed by atoms with Crippen molar-refractivity contribution in [2.45, 2.75) is 11.9 Å². The van der Waals surface area contributed by atoms with E-state index in [0.29, 0.717) is 5.82 Å². The van der Waals surface area contributed by atoms with E-state index in [9.17, 15) is 8.42 Å². The summed E-state index contributed by atoms with van der Waals surface area (Å²) in [6.45, 7) is 1.64. The number of hydrogen-bond donors (Lipinski definition) is 5. The topological polar surface area (TPSA) is 153 Å². The molecule has 2 rings (SSSR count). The van der Waals surface area contributed by atoms with Gasteiger partial charge in [0.1, 0.15) is 17.5 Å². The molecule has 0 fully saturated rings. The lowest BCUT2D eigenvalue weighted by Crippen LogP contribution is -2.18. The second-order valence-corrected chi connectivity index (χ2v) is 5.16. The van der Waals surface area contributed by atoms with Crippen molar-refractivity contribution in [3.05, 3.63) is 23.8 Å². The number of aromatic nitrogens is 4. The van der Waals surface area contributed by atoms with Gasteiger partial charge in [0.15, 0.2) is 5.03 Å². The van der Waals surface area contributed by atoms with Gasteiger partial charge in [-0.25, -0.2) is 4.98 Å². The maximum absolute atomic E-state index is 11.9. The number of nitrogens with two attached hydrogens (primary N) is 1. The van der Waals surface area contributed by atoms with Crippen molar-refractivity contribution in [3.63, 3.8) is 0 Å². The van der Waals surface area contributed by atoms with Crippen molar-refractivity contribution in [3.8, 4) is 0 Å². The minimum atomic E-state index is -3.81. The SMILES string of the molecule is Cc1ncc(S(=O)(=O)Nc2[nH]ncc2C(=N)N)[nH]1. The molecule has 96 valence electrons. The highest BCUT2D eigenvalue weighted by molar-refractivity contribution is 7.92.